The lowest BCUT2D eigenvalue weighted by Gasteiger charge is -2.07. The molecule has 6 nitrogen and oxygen atoms in total. The Labute approximate surface area is 162 Å². The molecule has 0 aliphatic carbocycles. The number of aryl methyl sites for hydroxylation is 1. The number of rotatable bonds is 6. The molecule has 0 unspecified atom stereocenters. The van der Waals surface area contributed by atoms with Gasteiger partial charge in [0.2, 0.25) is 0 Å². The Hall–Kier alpha value is -3.12. The Balaban J connectivity index is 1.62. The first-order chi connectivity index (χ1) is 13.1. The SMILES string of the molecule is Cc1ccccc1OCC(=O)N/N=C\c1c(Cl)nn(-c2ccccc2)c1C. The molecule has 0 fully saturated rings. The third-order valence-corrected chi connectivity index (χ3v) is 4.23. The number of nitrogens with one attached hydrogen (secondary N) is 1. The molecule has 1 N–H and O–H groups in total. The van der Waals surface area contributed by atoms with Crippen LogP contribution < -0.4 is 10.2 Å². The van der Waals surface area contributed by atoms with Crippen LogP contribution in [0.2, 0.25) is 5.15 Å². The Bertz CT molecular complexity index is 967. The second-order valence-electron chi connectivity index (χ2n) is 5.88. The van der Waals surface area contributed by atoms with Crippen LogP contribution in [0, 0.1) is 13.8 Å². The van der Waals surface area contributed by atoms with Crippen molar-refractivity contribution >= 4 is 23.7 Å². The van der Waals surface area contributed by atoms with Crippen LogP contribution in [0.1, 0.15) is 16.8 Å². The molecule has 27 heavy (non-hydrogen) atoms. The lowest BCUT2D eigenvalue weighted by molar-refractivity contribution is -0.123. The third kappa shape index (κ3) is 4.54. The van der Waals surface area contributed by atoms with E-state index in [9.17, 15) is 4.79 Å². The summed E-state index contributed by atoms with van der Waals surface area (Å²) in [5.41, 5.74) is 5.75. The van der Waals surface area contributed by atoms with Gasteiger partial charge < -0.3 is 4.74 Å². The number of hydrogen-bond donors (Lipinski definition) is 1. The number of hydrazone groups is 1. The van der Waals surface area contributed by atoms with E-state index in [4.69, 9.17) is 16.3 Å². The topological polar surface area (TPSA) is 68.5 Å². The monoisotopic (exact) mass is 382 g/mol. The normalized spacial score (nSPS) is 10.9. The number of hydrogen-bond acceptors (Lipinski definition) is 4. The summed E-state index contributed by atoms with van der Waals surface area (Å²) in [5.74, 6) is 0.304. The van der Waals surface area contributed by atoms with Gasteiger partial charge in [-0.1, -0.05) is 48.0 Å². The van der Waals surface area contributed by atoms with Crippen LogP contribution in [-0.4, -0.2) is 28.5 Å². The van der Waals surface area contributed by atoms with E-state index in [2.05, 4.69) is 15.6 Å². The van der Waals surface area contributed by atoms with Gasteiger partial charge in [0.25, 0.3) is 5.91 Å². The summed E-state index contributed by atoms with van der Waals surface area (Å²) in [6.45, 7) is 3.68. The van der Waals surface area contributed by atoms with E-state index in [1.807, 2.05) is 68.4 Å². The van der Waals surface area contributed by atoms with Crippen molar-refractivity contribution in [1.29, 1.82) is 0 Å². The zero-order valence-corrected chi connectivity index (χ0v) is 15.8. The lowest BCUT2D eigenvalue weighted by atomic mass is 10.2. The summed E-state index contributed by atoms with van der Waals surface area (Å²) in [6, 6.07) is 17.1. The average Bonchev–Trinajstić information content (AvgIpc) is 2.96. The molecule has 3 aromatic rings. The molecule has 2 aromatic carbocycles. The first-order valence-electron chi connectivity index (χ1n) is 8.37. The summed E-state index contributed by atoms with van der Waals surface area (Å²) in [5, 5.41) is 8.59. The van der Waals surface area contributed by atoms with Gasteiger partial charge in [0, 0.05) is 0 Å². The molecular weight excluding hydrogens is 364 g/mol. The third-order valence-electron chi connectivity index (χ3n) is 3.95. The fraction of sp³-hybridized carbons (Fsp3) is 0.150. The summed E-state index contributed by atoms with van der Waals surface area (Å²) in [4.78, 5) is 11.9. The van der Waals surface area contributed by atoms with Crippen molar-refractivity contribution in [3.8, 4) is 11.4 Å². The smallest absolute Gasteiger partial charge is 0.277 e. The number of carbonyl (C=O) groups excluding carboxylic acids is 1. The second kappa shape index (κ2) is 8.51. The van der Waals surface area contributed by atoms with Gasteiger partial charge in [-0.15, -0.1) is 0 Å². The highest BCUT2D eigenvalue weighted by atomic mass is 35.5. The van der Waals surface area contributed by atoms with Gasteiger partial charge in [0.05, 0.1) is 23.2 Å². The summed E-state index contributed by atoms with van der Waals surface area (Å²) in [6.07, 6.45) is 1.48. The molecule has 0 aliphatic rings. The van der Waals surface area contributed by atoms with Crippen LogP contribution in [0.3, 0.4) is 0 Å². The standard InChI is InChI=1S/C20H19ClN4O2/c1-14-8-6-7-11-18(14)27-13-19(26)23-22-12-17-15(2)25(24-20(17)21)16-9-4-3-5-10-16/h3-12H,13H2,1-2H3,(H,23,26)/b22-12-. The van der Waals surface area contributed by atoms with E-state index in [1.54, 1.807) is 4.68 Å². The number of aromatic nitrogens is 2. The van der Waals surface area contributed by atoms with Crippen LogP contribution in [0.15, 0.2) is 59.7 Å². The highest BCUT2D eigenvalue weighted by Crippen LogP contribution is 2.20. The van der Waals surface area contributed by atoms with E-state index in [0.717, 1.165) is 16.9 Å². The molecule has 3 rings (SSSR count). The molecule has 0 bridgehead atoms. The Kier molecular flexibility index (Phi) is 5.88. The van der Waals surface area contributed by atoms with E-state index < -0.39 is 0 Å². The zero-order valence-electron chi connectivity index (χ0n) is 15.0. The summed E-state index contributed by atoms with van der Waals surface area (Å²) < 4.78 is 7.21. The first-order valence-corrected chi connectivity index (χ1v) is 8.75. The minimum Gasteiger partial charge on any atom is -0.483 e. The van der Waals surface area contributed by atoms with Crippen molar-refractivity contribution in [1.82, 2.24) is 15.2 Å². The van der Waals surface area contributed by atoms with Crippen molar-refractivity contribution in [2.24, 2.45) is 5.10 Å². The fourth-order valence-electron chi connectivity index (χ4n) is 2.51. The van der Waals surface area contributed by atoms with Crippen molar-refractivity contribution in [3.05, 3.63) is 76.6 Å². The number of halogens is 1. The van der Waals surface area contributed by atoms with Crippen LogP contribution >= 0.6 is 11.6 Å². The number of carbonyl (C=O) groups is 1. The molecule has 0 saturated heterocycles. The van der Waals surface area contributed by atoms with Gasteiger partial charge in [0.15, 0.2) is 11.8 Å². The molecule has 0 saturated carbocycles. The molecule has 138 valence electrons. The quantitative estimate of drug-likeness (QED) is 0.522. The summed E-state index contributed by atoms with van der Waals surface area (Å²) in [7, 11) is 0. The van der Waals surface area contributed by atoms with Crippen LogP contribution in [0.25, 0.3) is 5.69 Å². The molecule has 1 heterocycles. The van der Waals surface area contributed by atoms with Gasteiger partial charge in [0.1, 0.15) is 5.75 Å². The number of ether oxygens (including phenoxy) is 1. The van der Waals surface area contributed by atoms with E-state index in [-0.39, 0.29) is 12.5 Å². The Morgan fingerprint density at radius 2 is 1.89 bits per heavy atom. The minimum absolute atomic E-state index is 0.127. The minimum atomic E-state index is -0.362. The number of amides is 1. The van der Waals surface area contributed by atoms with Gasteiger partial charge in [-0.2, -0.15) is 10.2 Å². The van der Waals surface area contributed by atoms with Crippen molar-refractivity contribution in [3.63, 3.8) is 0 Å². The Morgan fingerprint density at radius 3 is 2.63 bits per heavy atom. The molecule has 0 atom stereocenters. The van der Waals surface area contributed by atoms with E-state index in [0.29, 0.717) is 16.5 Å². The van der Waals surface area contributed by atoms with E-state index >= 15 is 0 Å². The predicted molar refractivity (Wildman–Crippen MR) is 106 cm³/mol. The van der Waals surface area contributed by atoms with Gasteiger partial charge in [-0.05, 0) is 37.6 Å². The molecule has 1 aromatic heterocycles. The van der Waals surface area contributed by atoms with Gasteiger partial charge >= 0.3 is 0 Å². The largest absolute Gasteiger partial charge is 0.483 e. The number of benzene rings is 2. The number of nitrogens with zero attached hydrogens (tertiary/aromatic N) is 3. The molecule has 0 aliphatic heterocycles. The predicted octanol–water partition coefficient (Wildman–Crippen LogP) is 3.67. The average molecular weight is 383 g/mol. The van der Waals surface area contributed by atoms with Crippen LogP contribution in [0.4, 0.5) is 0 Å². The van der Waals surface area contributed by atoms with Crippen molar-refractivity contribution < 1.29 is 9.53 Å². The zero-order chi connectivity index (χ0) is 19.2. The van der Waals surface area contributed by atoms with Crippen molar-refractivity contribution in [2.45, 2.75) is 13.8 Å². The maximum atomic E-state index is 11.9. The van der Waals surface area contributed by atoms with Crippen LogP contribution in [0.5, 0.6) is 5.75 Å². The molecule has 0 spiro atoms. The molecular formula is C20H19ClN4O2. The number of para-hydroxylation sites is 2. The highest BCUT2D eigenvalue weighted by molar-refractivity contribution is 6.32. The lowest BCUT2D eigenvalue weighted by Crippen LogP contribution is -2.24. The maximum absolute atomic E-state index is 11.9. The van der Waals surface area contributed by atoms with Gasteiger partial charge in [-0.25, -0.2) is 10.1 Å². The second-order valence-corrected chi connectivity index (χ2v) is 6.24. The van der Waals surface area contributed by atoms with Crippen molar-refractivity contribution in [2.75, 3.05) is 6.61 Å². The molecule has 1 amide bonds. The molecule has 7 heteroatoms. The van der Waals surface area contributed by atoms with E-state index in [1.165, 1.54) is 6.21 Å². The fourth-order valence-corrected chi connectivity index (χ4v) is 2.77. The first kappa shape index (κ1) is 18.7. The van der Waals surface area contributed by atoms with Crippen LogP contribution in [-0.2, 0) is 4.79 Å². The molecule has 0 radical (unpaired) electrons. The maximum Gasteiger partial charge on any atom is 0.277 e. The summed E-state index contributed by atoms with van der Waals surface area (Å²) >= 11 is 6.21. The highest BCUT2D eigenvalue weighted by Gasteiger charge is 2.12. The van der Waals surface area contributed by atoms with Gasteiger partial charge in [-0.3, -0.25) is 4.79 Å². The Morgan fingerprint density at radius 1 is 1.19 bits per heavy atom.